The van der Waals surface area contributed by atoms with Gasteiger partial charge >= 0.3 is 6.18 Å². The zero-order valence-electron chi connectivity index (χ0n) is 17.2. The molecule has 3 aromatic rings. The van der Waals surface area contributed by atoms with Crippen LogP contribution in [0.25, 0.3) is 0 Å². The third kappa shape index (κ3) is 5.03. The van der Waals surface area contributed by atoms with E-state index in [1.54, 1.807) is 12.1 Å². The summed E-state index contributed by atoms with van der Waals surface area (Å²) in [6.45, 7) is 0. The molecule has 0 radical (unpaired) electrons. The molecule has 3 aromatic carbocycles. The van der Waals surface area contributed by atoms with Crippen molar-refractivity contribution in [3.63, 3.8) is 0 Å². The van der Waals surface area contributed by atoms with Crippen molar-refractivity contribution in [3.8, 4) is 11.5 Å². The Morgan fingerprint density at radius 2 is 1.65 bits per heavy atom. The minimum absolute atomic E-state index is 0.0343. The van der Waals surface area contributed by atoms with E-state index in [-0.39, 0.29) is 40.6 Å². The van der Waals surface area contributed by atoms with Crippen LogP contribution in [0, 0.1) is 20.2 Å². The maximum absolute atomic E-state index is 13.1. The van der Waals surface area contributed by atoms with E-state index in [9.17, 15) is 38.5 Å². The molecule has 13 heteroatoms. The lowest BCUT2D eigenvalue weighted by Gasteiger charge is -2.13. The Hall–Kier alpha value is -4.68. The summed E-state index contributed by atoms with van der Waals surface area (Å²) in [5, 5.41) is 35.6. The molecule has 0 amide bonds. The number of phenols is 1. The second-order valence-electron chi connectivity index (χ2n) is 6.70. The molecule has 0 unspecified atom stereocenters. The number of alkyl halides is 3. The third-order valence-electron chi connectivity index (χ3n) is 4.57. The van der Waals surface area contributed by atoms with E-state index in [0.717, 1.165) is 0 Å². The Balaban J connectivity index is 2.10. The van der Waals surface area contributed by atoms with Crippen molar-refractivity contribution in [1.82, 2.24) is 0 Å². The van der Waals surface area contributed by atoms with Gasteiger partial charge in [0.15, 0.2) is 17.2 Å². The summed E-state index contributed by atoms with van der Waals surface area (Å²) in [7, 11) is 1.36. The van der Waals surface area contributed by atoms with Crippen molar-refractivity contribution >= 4 is 34.7 Å². The van der Waals surface area contributed by atoms with E-state index in [4.69, 9.17) is 4.74 Å². The van der Waals surface area contributed by atoms with Crippen LogP contribution in [0.5, 0.6) is 11.5 Å². The van der Waals surface area contributed by atoms with Gasteiger partial charge in [-0.1, -0.05) is 18.2 Å². The van der Waals surface area contributed by atoms with Gasteiger partial charge in [-0.2, -0.15) is 13.2 Å². The maximum Gasteiger partial charge on any atom is 0.416 e. The Morgan fingerprint density at radius 3 is 2.21 bits per heavy atom. The molecule has 3 rings (SSSR count). The second kappa shape index (κ2) is 9.44. The molecule has 0 spiro atoms. The van der Waals surface area contributed by atoms with Crippen LogP contribution in [-0.2, 0) is 6.18 Å². The maximum atomic E-state index is 13.1. The van der Waals surface area contributed by atoms with Gasteiger partial charge in [0, 0.05) is 23.9 Å². The minimum Gasteiger partial charge on any atom is -0.504 e. The molecule has 0 saturated carbocycles. The van der Waals surface area contributed by atoms with Gasteiger partial charge in [-0.3, -0.25) is 25.2 Å². The molecule has 34 heavy (non-hydrogen) atoms. The second-order valence-corrected chi connectivity index (χ2v) is 6.70. The van der Waals surface area contributed by atoms with Crippen LogP contribution in [-0.4, -0.2) is 28.3 Å². The number of para-hydroxylation sites is 3. The summed E-state index contributed by atoms with van der Waals surface area (Å²) < 4.78 is 44.4. The molecule has 10 nitrogen and oxygen atoms in total. The molecule has 0 fully saturated rings. The first-order valence-electron chi connectivity index (χ1n) is 9.33. The van der Waals surface area contributed by atoms with Gasteiger partial charge < -0.3 is 15.2 Å². The van der Waals surface area contributed by atoms with Gasteiger partial charge in [0.25, 0.3) is 11.4 Å². The largest absolute Gasteiger partial charge is 0.504 e. The number of halogens is 3. The summed E-state index contributed by atoms with van der Waals surface area (Å²) in [6, 6.07) is 11.0. The topological polar surface area (TPSA) is 140 Å². The van der Waals surface area contributed by atoms with Crippen LogP contribution in [0.2, 0.25) is 0 Å². The number of benzene rings is 3. The molecular weight excluding hydrogens is 461 g/mol. The first kappa shape index (κ1) is 24.0. The summed E-state index contributed by atoms with van der Waals surface area (Å²) >= 11 is 0. The number of nitro groups is 2. The quantitative estimate of drug-likeness (QED) is 0.252. The molecule has 0 heterocycles. The van der Waals surface area contributed by atoms with Crippen molar-refractivity contribution in [3.05, 3.63) is 86.0 Å². The van der Waals surface area contributed by atoms with E-state index in [1.807, 2.05) is 0 Å². The molecule has 0 aromatic heterocycles. The Kier molecular flexibility index (Phi) is 6.66. The predicted octanol–water partition coefficient (Wildman–Crippen LogP) is 5.73. The highest BCUT2D eigenvalue weighted by Gasteiger charge is 2.37. The lowest BCUT2D eigenvalue weighted by Crippen LogP contribution is -2.09. The van der Waals surface area contributed by atoms with Crippen molar-refractivity contribution < 1.29 is 32.9 Å². The molecule has 0 aliphatic rings. The van der Waals surface area contributed by atoms with Gasteiger partial charge in [-0.25, -0.2) is 0 Å². The van der Waals surface area contributed by atoms with Crippen LogP contribution in [0.1, 0.15) is 11.1 Å². The fraction of sp³-hybridized carbons (Fsp3) is 0.0952. The number of hydrogen-bond donors (Lipinski definition) is 2. The third-order valence-corrected chi connectivity index (χ3v) is 4.57. The summed E-state index contributed by atoms with van der Waals surface area (Å²) in [6.07, 6.45) is -3.77. The number of methoxy groups -OCH3 is 1. The van der Waals surface area contributed by atoms with E-state index >= 15 is 0 Å². The molecule has 0 saturated heterocycles. The van der Waals surface area contributed by atoms with E-state index in [1.165, 1.54) is 43.7 Å². The van der Waals surface area contributed by atoms with Gasteiger partial charge in [0.2, 0.25) is 0 Å². The SMILES string of the molecule is COc1cccc(C=Nc2ccccc2Nc2c([N+](=O)[O-])cc(C(F)(F)F)cc2[N+](=O)[O-])c1O. The lowest BCUT2D eigenvalue weighted by atomic mass is 10.1. The smallest absolute Gasteiger partial charge is 0.416 e. The normalized spacial score (nSPS) is 11.4. The standard InChI is InChI=1S/C21H15F3N4O6/c1-34-18-8-4-5-12(20(18)29)11-25-14-6-2-3-7-15(14)26-19-16(27(30)31)9-13(21(22,23)24)10-17(19)28(32)33/h2-11,26,29H,1H3. The Bertz CT molecular complexity index is 1260. The van der Waals surface area contributed by atoms with Crippen molar-refractivity contribution in [2.45, 2.75) is 6.18 Å². The minimum atomic E-state index is -5.03. The van der Waals surface area contributed by atoms with Gasteiger partial charge in [-0.15, -0.1) is 0 Å². The zero-order chi connectivity index (χ0) is 25.0. The zero-order valence-corrected chi connectivity index (χ0v) is 17.2. The van der Waals surface area contributed by atoms with Crippen molar-refractivity contribution in [2.24, 2.45) is 4.99 Å². The van der Waals surface area contributed by atoms with E-state index < -0.39 is 38.6 Å². The van der Waals surface area contributed by atoms with Crippen LogP contribution in [0.4, 0.5) is 41.6 Å². The average molecular weight is 476 g/mol. The number of anilines is 2. The van der Waals surface area contributed by atoms with Crippen LogP contribution in [0.15, 0.2) is 59.6 Å². The van der Waals surface area contributed by atoms with Crippen LogP contribution in [0.3, 0.4) is 0 Å². The van der Waals surface area contributed by atoms with Crippen molar-refractivity contribution in [2.75, 3.05) is 12.4 Å². The first-order chi connectivity index (χ1) is 16.0. The number of hydrogen-bond acceptors (Lipinski definition) is 8. The molecule has 0 aliphatic carbocycles. The molecule has 176 valence electrons. The highest BCUT2D eigenvalue weighted by Crippen LogP contribution is 2.43. The van der Waals surface area contributed by atoms with Gasteiger partial charge in [-0.05, 0) is 24.3 Å². The predicted molar refractivity (Wildman–Crippen MR) is 116 cm³/mol. The summed E-state index contributed by atoms with van der Waals surface area (Å²) in [4.78, 5) is 24.8. The highest BCUT2D eigenvalue weighted by atomic mass is 19.4. The fourth-order valence-corrected chi connectivity index (χ4v) is 2.97. The molecule has 2 N–H and O–H groups in total. The van der Waals surface area contributed by atoms with Gasteiger partial charge in [0.1, 0.15) is 0 Å². The van der Waals surface area contributed by atoms with Crippen LogP contribution >= 0.6 is 0 Å². The lowest BCUT2D eigenvalue weighted by molar-refractivity contribution is -0.392. The molecule has 0 aliphatic heterocycles. The summed E-state index contributed by atoms with van der Waals surface area (Å²) in [5.74, 6) is -0.0143. The number of rotatable bonds is 7. The number of nitro benzene ring substituents is 2. The van der Waals surface area contributed by atoms with E-state index in [0.29, 0.717) is 0 Å². The highest BCUT2D eigenvalue weighted by molar-refractivity contribution is 5.89. The van der Waals surface area contributed by atoms with Crippen molar-refractivity contribution in [1.29, 1.82) is 0 Å². The summed E-state index contributed by atoms with van der Waals surface area (Å²) in [5.41, 5.74) is -4.11. The number of aliphatic imine (C=N–C) groups is 1. The monoisotopic (exact) mass is 476 g/mol. The van der Waals surface area contributed by atoms with Crippen LogP contribution < -0.4 is 10.1 Å². The average Bonchev–Trinajstić information content (AvgIpc) is 2.78. The Morgan fingerprint density at radius 1 is 1.03 bits per heavy atom. The number of aromatic hydroxyl groups is 1. The molecule has 0 atom stereocenters. The van der Waals surface area contributed by atoms with E-state index in [2.05, 4.69) is 10.3 Å². The number of nitrogens with zero attached hydrogens (tertiary/aromatic N) is 3. The first-order valence-corrected chi connectivity index (χ1v) is 9.33. The Labute approximate surface area is 189 Å². The number of ether oxygens (including phenoxy) is 1. The molecule has 0 bridgehead atoms. The molecular formula is C21H15F3N4O6. The van der Waals surface area contributed by atoms with Gasteiger partial charge in [0.05, 0.1) is 33.9 Å². The number of phenolic OH excluding ortho intramolecular Hbond substituents is 1. The fourth-order valence-electron chi connectivity index (χ4n) is 2.97. The number of nitrogens with one attached hydrogen (secondary N) is 1.